The summed E-state index contributed by atoms with van der Waals surface area (Å²) in [6, 6.07) is 13.0. The SMILES string of the molecule is O=c1[nH]c2ncccc2nc1NNc1ccccc1. The Morgan fingerprint density at radius 2 is 1.84 bits per heavy atom. The predicted molar refractivity (Wildman–Crippen MR) is 73.8 cm³/mol. The highest BCUT2D eigenvalue weighted by Gasteiger charge is 2.04. The van der Waals surface area contributed by atoms with E-state index in [2.05, 4.69) is 25.8 Å². The number of H-pyrrole nitrogens is 1. The molecule has 2 aromatic heterocycles. The third-order valence-corrected chi connectivity index (χ3v) is 2.56. The molecule has 3 N–H and O–H groups in total. The van der Waals surface area contributed by atoms with Crippen molar-refractivity contribution in [3.63, 3.8) is 0 Å². The molecule has 0 bridgehead atoms. The Morgan fingerprint density at radius 3 is 2.68 bits per heavy atom. The minimum atomic E-state index is -0.324. The van der Waals surface area contributed by atoms with Gasteiger partial charge >= 0.3 is 0 Å². The van der Waals surface area contributed by atoms with Crippen molar-refractivity contribution in [2.75, 3.05) is 10.9 Å². The molecule has 2 heterocycles. The molecule has 6 nitrogen and oxygen atoms in total. The first-order valence-corrected chi connectivity index (χ1v) is 5.75. The van der Waals surface area contributed by atoms with E-state index in [4.69, 9.17) is 0 Å². The molecule has 0 aliphatic carbocycles. The van der Waals surface area contributed by atoms with Crippen LogP contribution in [0.2, 0.25) is 0 Å². The number of aromatic nitrogens is 3. The summed E-state index contributed by atoms with van der Waals surface area (Å²) >= 11 is 0. The lowest BCUT2D eigenvalue weighted by Gasteiger charge is -2.08. The topological polar surface area (TPSA) is 82.7 Å². The van der Waals surface area contributed by atoms with Gasteiger partial charge < -0.3 is 4.98 Å². The van der Waals surface area contributed by atoms with E-state index < -0.39 is 0 Å². The molecule has 0 radical (unpaired) electrons. The van der Waals surface area contributed by atoms with Gasteiger partial charge in [-0.25, -0.2) is 9.97 Å². The van der Waals surface area contributed by atoms with Crippen LogP contribution in [0.3, 0.4) is 0 Å². The van der Waals surface area contributed by atoms with Crippen molar-refractivity contribution in [3.8, 4) is 0 Å². The number of nitrogens with one attached hydrogen (secondary N) is 3. The largest absolute Gasteiger partial charge is 0.302 e. The zero-order valence-corrected chi connectivity index (χ0v) is 9.92. The minimum absolute atomic E-state index is 0.198. The molecule has 0 aliphatic rings. The van der Waals surface area contributed by atoms with Crippen molar-refractivity contribution >= 4 is 22.7 Å². The molecule has 0 aliphatic heterocycles. The molecule has 0 atom stereocenters. The third-order valence-electron chi connectivity index (χ3n) is 2.56. The van der Waals surface area contributed by atoms with Gasteiger partial charge in [0.15, 0.2) is 5.65 Å². The first kappa shape index (κ1) is 11.2. The number of pyridine rings is 1. The van der Waals surface area contributed by atoms with Gasteiger partial charge in [0.2, 0.25) is 5.82 Å². The Hall–Kier alpha value is -2.89. The van der Waals surface area contributed by atoms with Crippen molar-refractivity contribution < 1.29 is 0 Å². The van der Waals surface area contributed by atoms with E-state index in [1.165, 1.54) is 0 Å². The van der Waals surface area contributed by atoms with Crippen molar-refractivity contribution in [1.82, 2.24) is 15.0 Å². The normalized spacial score (nSPS) is 10.3. The average Bonchev–Trinajstić information content (AvgIpc) is 2.46. The zero-order valence-electron chi connectivity index (χ0n) is 9.92. The fourth-order valence-electron chi connectivity index (χ4n) is 1.66. The van der Waals surface area contributed by atoms with Gasteiger partial charge in [0.1, 0.15) is 5.52 Å². The first-order chi connectivity index (χ1) is 9.33. The number of para-hydroxylation sites is 1. The highest BCUT2D eigenvalue weighted by molar-refractivity contribution is 5.70. The van der Waals surface area contributed by atoms with Crippen molar-refractivity contribution in [1.29, 1.82) is 0 Å². The molecule has 1 aromatic carbocycles. The van der Waals surface area contributed by atoms with E-state index in [1.807, 2.05) is 30.3 Å². The molecular weight excluding hydrogens is 242 g/mol. The van der Waals surface area contributed by atoms with Crippen LogP contribution in [-0.2, 0) is 0 Å². The monoisotopic (exact) mass is 253 g/mol. The molecule has 3 rings (SSSR count). The summed E-state index contributed by atoms with van der Waals surface area (Å²) < 4.78 is 0. The van der Waals surface area contributed by atoms with Crippen LogP contribution < -0.4 is 16.4 Å². The van der Waals surface area contributed by atoms with Crippen LogP contribution in [0.1, 0.15) is 0 Å². The van der Waals surface area contributed by atoms with E-state index >= 15 is 0 Å². The summed E-state index contributed by atoms with van der Waals surface area (Å²) in [4.78, 5) is 22.7. The smallest absolute Gasteiger partial charge is 0.294 e. The maximum absolute atomic E-state index is 11.8. The molecule has 0 saturated heterocycles. The zero-order chi connectivity index (χ0) is 13.1. The van der Waals surface area contributed by atoms with E-state index in [-0.39, 0.29) is 11.4 Å². The Kier molecular flexibility index (Phi) is 2.82. The van der Waals surface area contributed by atoms with Crippen LogP contribution in [0.15, 0.2) is 53.5 Å². The standard InChI is InChI=1S/C13H11N5O/c19-13-12(18-17-9-5-2-1-3-6-9)15-10-7-4-8-14-11(10)16-13/h1-8,17H,(H,15,18)(H,14,16,19). The number of hydrogen-bond donors (Lipinski definition) is 3. The minimum Gasteiger partial charge on any atom is -0.302 e. The Balaban J connectivity index is 1.89. The number of fused-ring (bicyclic) bond motifs is 1. The molecule has 0 spiro atoms. The first-order valence-electron chi connectivity index (χ1n) is 5.75. The summed E-state index contributed by atoms with van der Waals surface area (Å²) in [6.07, 6.45) is 1.61. The van der Waals surface area contributed by atoms with Crippen LogP contribution in [0.4, 0.5) is 11.5 Å². The number of anilines is 2. The number of hydrazine groups is 1. The van der Waals surface area contributed by atoms with Gasteiger partial charge in [-0.1, -0.05) is 18.2 Å². The number of benzene rings is 1. The van der Waals surface area contributed by atoms with Gasteiger partial charge in [0.25, 0.3) is 5.56 Å². The van der Waals surface area contributed by atoms with E-state index in [0.29, 0.717) is 11.2 Å². The molecule has 3 aromatic rings. The molecule has 6 heteroatoms. The Labute approximate surface area is 108 Å². The highest BCUT2D eigenvalue weighted by atomic mass is 16.1. The molecule has 0 saturated carbocycles. The fourth-order valence-corrected chi connectivity index (χ4v) is 1.66. The summed E-state index contributed by atoms with van der Waals surface area (Å²) in [5.41, 5.74) is 7.32. The van der Waals surface area contributed by atoms with Crippen LogP contribution in [0, 0.1) is 0 Å². The maximum Gasteiger partial charge on any atom is 0.294 e. The predicted octanol–water partition coefficient (Wildman–Crippen LogP) is 1.76. The van der Waals surface area contributed by atoms with Gasteiger partial charge in [-0.2, -0.15) is 0 Å². The molecule has 0 amide bonds. The van der Waals surface area contributed by atoms with Gasteiger partial charge in [-0.3, -0.25) is 15.6 Å². The van der Waals surface area contributed by atoms with Crippen LogP contribution in [0.5, 0.6) is 0 Å². The second-order valence-corrected chi connectivity index (χ2v) is 3.90. The lowest BCUT2D eigenvalue weighted by atomic mass is 10.3. The van der Waals surface area contributed by atoms with Crippen LogP contribution >= 0.6 is 0 Å². The van der Waals surface area contributed by atoms with Crippen molar-refractivity contribution in [2.45, 2.75) is 0 Å². The second-order valence-electron chi connectivity index (χ2n) is 3.90. The molecule has 19 heavy (non-hydrogen) atoms. The summed E-state index contributed by atoms with van der Waals surface area (Å²) in [6.45, 7) is 0. The van der Waals surface area contributed by atoms with E-state index in [0.717, 1.165) is 5.69 Å². The van der Waals surface area contributed by atoms with Crippen molar-refractivity contribution in [2.24, 2.45) is 0 Å². The average molecular weight is 253 g/mol. The summed E-state index contributed by atoms with van der Waals surface area (Å²) in [5, 5.41) is 0. The van der Waals surface area contributed by atoms with Crippen molar-refractivity contribution in [3.05, 3.63) is 59.0 Å². The summed E-state index contributed by atoms with van der Waals surface area (Å²) in [7, 11) is 0. The molecule has 94 valence electrons. The Morgan fingerprint density at radius 1 is 1.00 bits per heavy atom. The van der Waals surface area contributed by atoms with Gasteiger partial charge in [0.05, 0.1) is 5.69 Å². The molecular formula is C13H11N5O. The van der Waals surface area contributed by atoms with E-state index in [1.54, 1.807) is 18.3 Å². The number of hydrogen-bond acceptors (Lipinski definition) is 5. The van der Waals surface area contributed by atoms with Gasteiger partial charge in [-0.05, 0) is 24.3 Å². The number of rotatable bonds is 3. The maximum atomic E-state index is 11.8. The van der Waals surface area contributed by atoms with Crippen LogP contribution in [0.25, 0.3) is 11.2 Å². The molecule has 0 fully saturated rings. The lowest BCUT2D eigenvalue weighted by Crippen LogP contribution is -2.20. The summed E-state index contributed by atoms with van der Waals surface area (Å²) in [5.74, 6) is 0.198. The third kappa shape index (κ3) is 2.37. The number of aromatic amines is 1. The highest BCUT2D eigenvalue weighted by Crippen LogP contribution is 2.07. The molecule has 0 unspecified atom stereocenters. The van der Waals surface area contributed by atoms with Gasteiger partial charge in [0, 0.05) is 6.20 Å². The Bertz CT molecular complexity index is 754. The van der Waals surface area contributed by atoms with E-state index in [9.17, 15) is 4.79 Å². The quantitative estimate of drug-likeness (QED) is 0.619. The second kappa shape index (κ2) is 4.77. The number of nitrogens with zero attached hydrogens (tertiary/aromatic N) is 2. The van der Waals surface area contributed by atoms with Gasteiger partial charge in [-0.15, -0.1) is 0 Å². The van der Waals surface area contributed by atoms with Crippen LogP contribution in [-0.4, -0.2) is 15.0 Å². The fraction of sp³-hybridized carbons (Fsp3) is 0. The lowest BCUT2D eigenvalue weighted by molar-refractivity contribution is 1.15.